The molecule has 1 aliphatic heterocycles. The van der Waals surface area contributed by atoms with E-state index in [0.29, 0.717) is 11.3 Å². The quantitative estimate of drug-likeness (QED) is 0.693. The maximum absolute atomic E-state index is 5.81. The molecule has 0 radical (unpaired) electrons. The first-order valence-electron chi connectivity index (χ1n) is 5.42. The molecular formula is C13H18ClN. The summed E-state index contributed by atoms with van der Waals surface area (Å²) in [6.07, 6.45) is 0. The number of hydrogen-bond donors (Lipinski definition) is 0. The van der Waals surface area contributed by atoms with Crippen LogP contribution in [0.15, 0.2) is 18.2 Å². The summed E-state index contributed by atoms with van der Waals surface area (Å²) in [4.78, 5) is 2.44. The van der Waals surface area contributed by atoms with E-state index in [9.17, 15) is 0 Å². The Hall–Kier alpha value is -0.690. The van der Waals surface area contributed by atoms with Crippen LogP contribution in [0, 0.1) is 12.3 Å². The zero-order valence-electron chi connectivity index (χ0n) is 9.68. The van der Waals surface area contributed by atoms with Gasteiger partial charge in [0.1, 0.15) is 0 Å². The van der Waals surface area contributed by atoms with Crippen LogP contribution in [0.1, 0.15) is 25.0 Å². The van der Waals surface area contributed by atoms with Gasteiger partial charge in [0.25, 0.3) is 0 Å². The van der Waals surface area contributed by atoms with Crippen molar-refractivity contribution in [1.82, 2.24) is 0 Å². The molecule has 0 aliphatic carbocycles. The van der Waals surface area contributed by atoms with Crippen LogP contribution in [0.2, 0.25) is 0 Å². The molecule has 0 saturated carbocycles. The van der Waals surface area contributed by atoms with Crippen molar-refractivity contribution in [2.75, 3.05) is 18.0 Å². The Morgan fingerprint density at radius 2 is 2.00 bits per heavy atom. The normalized spacial score (nSPS) is 18.8. The Kier molecular flexibility index (Phi) is 2.68. The Labute approximate surface area is 97.0 Å². The van der Waals surface area contributed by atoms with Gasteiger partial charge in [-0.1, -0.05) is 26.0 Å². The molecule has 1 nitrogen and oxygen atoms in total. The summed E-state index contributed by atoms with van der Waals surface area (Å²) >= 11 is 5.81. The standard InChI is InChI=1S/C13H18ClN/c1-10-6-11(7-14)4-5-12(10)15-8-13(2,3)9-15/h4-6H,7-9H2,1-3H3. The van der Waals surface area contributed by atoms with Crippen LogP contribution in [0.25, 0.3) is 0 Å². The van der Waals surface area contributed by atoms with Gasteiger partial charge in [0, 0.05) is 24.7 Å². The second kappa shape index (κ2) is 3.71. The summed E-state index contributed by atoms with van der Waals surface area (Å²) in [7, 11) is 0. The first-order valence-corrected chi connectivity index (χ1v) is 5.96. The van der Waals surface area contributed by atoms with Crippen LogP contribution in [0.5, 0.6) is 0 Å². The van der Waals surface area contributed by atoms with Gasteiger partial charge in [-0.05, 0) is 29.5 Å². The highest BCUT2D eigenvalue weighted by atomic mass is 35.5. The van der Waals surface area contributed by atoms with Crippen molar-refractivity contribution in [3.63, 3.8) is 0 Å². The van der Waals surface area contributed by atoms with Gasteiger partial charge in [0.05, 0.1) is 0 Å². The fourth-order valence-electron chi connectivity index (χ4n) is 2.31. The third-order valence-corrected chi connectivity index (χ3v) is 3.30. The second-order valence-corrected chi connectivity index (χ2v) is 5.54. The van der Waals surface area contributed by atoms with Gasteiger partial charge in [-0.15, -0.1) is 11.6 Å². The van der Waals surface area contributed by atoms with Crippen molar-refractivity contribution in [3.05, 3.63) is 29.3 Å². The number of aryl methyl sites for hydroxylation is 1. The van der Waals surface area contributed by atoms with Crippen molar-refractivity contribution in [3.8, 4) is 0 Å². The average Bonchev–Trinajstić information content (AvgIpc) is 2.14. The first kappa shape index (κ1) is 10.8. The van der Waals surface area contributed by atoms with Crippen LogP contribution in [-0.2, 0) is 5.88 Å². The molecule has 15 heavy (non-hydrogen) atoms. The largest absolute Gasteiger partial charge is 0.370 e. The van der Waals surface area contributed by atoms with E-state index in [1.807, 2.05) is 0 Å². The van der Waals surface area contributed by atoms with E-state index in [-0.39, 0.29) is 0 Å². The predicted octanol–water partition coefficient (Wildman–Crippen LogP) is 3.58. The average molecular weight is 224 g/mol. The highest BCUT2D eigenvalue weighted by Gasteiger charge is 2.34. The lowest BCUT2D eigenvalue weighted by molar-refractivity contribution is 0.276. The summed E-state index contributed by atoms with van der Waals surface area (Å²) in [5.41, 5.74) is 4.39. The molecule has 0 amide bonds. The minimum Gasteiger partial charge on any atom is -0.370 e. The number of halogens is 1. The molecule has 1 aliphatic rings. The topological polar surface area (TPSA) is 3.24 Å². The van der Waals surface area contributed by atoms with Gasteiger partial charge < -0.3 is 4.90 Å². The zero-order valence-corrected chi connectivity index (χ0v) is 10.4. The molecule has 1 fully saturated rings. The summed E-state index contributed by atoms with van der Waals surface area (Å²) in [6, 6.07) is 6.51. The van der Waals surface area contributed by atoms with Crippen molar-refractivity contribution in [1.29, 1.82) is 0 Å². The van der Waals surface area contributed by atoms with Gasteiger partial charge >= 0.3 is 0 Å². The maximum Gasteiger partial charge on any atom is 0.0474 e. The molecule has 1 aromatic rings. The Balaban J connectivity index is 2.17. The van der Waals surface area contributed by atoms with Gasteiger partial charge in [0.15, 0.2) is 0 Å². The number of nitrogens with zero attached hydrogens (tertiary/aromatic N) is 1. The van der Waals surface area contributed by atoms with Crippen molar-refractivity contribution in [2.24, 2.45) is 5.41 Å². The molecule has 0 spiro atoms. The molecule has 0 bridgehead atoms. The third-order valence-electron chi connectivity index (χ3n) is 2.99. The van der Waals surface area contributed by atoms with E-state index in [1.54, 1.807) is 0 Å². The molecule has 2 heteroatoms. The van der Waals surface area contributed by atoms with Gasteiger partial charge in [-0.25, -0.2) is 0 Å². The zero-order chi connectivity index (χ0) is 11.1. The molecule has 1 aromatic carbocycles. The van der Waals surface area contributed by atoms with E-state index in [2.05, 4.69) is 43.9 Å². The van der Waals surface area contributed by atoms with E-state index >= 15 is 0 Å². The second-order valence-electron chi connectivity index (χ2n) is 5.27. The lowest BCUT2D eigenvalue weighted by Crippen LogP contribution is -2.53. The van der Waals surface area contributed by atoms with Crippen LogP contribution in [-0.4, -0.2) is 13.1 Å². The third kappa shape index (κ3) is 2.12. The van der Waals surface area contributed by atoms with Crippen molar-refractivity contribution >= 4 is 17.3 Å². The molecule has 0 unspecified atom stereocenters. The maximum atomic E-state index is 5.81. The van der Waals surface area contributed by atoms with Crippen LogP contribution in [0.3, 0.4) is 0 Å². The SMILES string of the molecule is Cc1cc(CCl)ccc1N1CC(C)(C)C1. The van der Waals surface area contributed by atoms with Gasteiger partial charge in [-0.2, -0.15) is 0 Å². The lowest BCUT2D eigenvalue weighted by Gasteiger charge is -2.48. The summed E-state index contributed by atoms with van der Waals surface area (Å²) in [5.74, 6) is 0.604. The van der Waals surface area contributed by atoms with E-state index < -0.39 is 0 Å². The molecule has 2 rings (SSSR count). The monoisotopic (exact) mass is 223 g/mol. The minimum absolute atomic E-state index is 0.484. The van der Waals surface area contributed by atoms with E-state index in [0.717, 1.165) is 13.1 Å². The highest BCUT2D eigenvalue weighted by molar-refractivity contribution is 6.17. The summed E-state index contributed by atoms with van der Waals surface area (Å²) in [6.45, 7) is 9.11. The molecular weight excluding hydrogens is 206 g/mol. The molecule has 82 valence electrons. The van der Waals surface area contributed by atoms with Crippen LogP contribution in [0.4, 0.5) is 5.69 Å². The molecule has 0 N–H and O–H groups in total. The van der Waals surface area contributed by atoms with Crippen molar-refractivity contribution in [2.45, 2.75) is 26.7 Å². The predicted molar refractivity (Wildman–Crippen MR) is 66.7 cm³/mol. The number of rotatable bonds is 2. The first-order chi connectivity index (χ1) is 7.02. The lowest BCUT2D eigenvalue weighted by atomic mass is 9.83. The fraction of sp³-hybridized carbons (Fsp3) is 0.538. The molecule has 0 atom stereocenters. The molecule has 0 aromatic heterocycles. The van der Waals surface area contributed by atoms with Gasteiger partial charge in [-0.3, -0.25) is 0 Å². The van der Waals surface area contributed by atoms with E-state index in [1.165, 1.54) is 16.8 Å². The molecule has 1 saturated heterocycles. The van der Waals surface area contributed by atoms with Crippen molar-refractivity contribution < 1.29 is 0 Å². The number of benzene rings is 1. The van der Waals surface area contributed by atoms with E-state index in [4.69, 9.17) is 11.6 Å². The number of anilines is 1. The Bertz CT molecular complexity index is 363. The molecule has 1 heterocycles. The van der Waals surface area contributed by atoms with Crippen LogP contribution < -0.4 is 4.90 Å². The summed E-state index contributed by atoms with van der Waals surface area (Å²) < 4.78 is 0. The number of alkyl halides is 1. The Morgan fingerprint density at radius 1 is 1.33 bits per heavy atom. The smallest absolute Gasteiger partial charge is 0.0474 e. The van der Waals surface area contributed by atoms with Crippen LogP contribution >= 0.6 is 11.6 Å². The Morgan fingerprint density at radius 3 is 2.47 bits per heavy atom. The summed E-state index contributed by atoms with van der Waals surface area (Å²) in [5, 5.41) is 0. The van der Waals surface area contributed by atoms with Gasteiger partial charge in [0.2, 0.25) is 0 Å². The highest BCUT2D eigenvalue weighted by Crippen LogP contribution is 2.35. The number of hydrogen-bond acceptors (Lipinski definition) is 1. The fourth-order valence-corrected chi connectivity index (χ4v) is 2.48. The minimum atomic E-state index is 0.484.